The van der Waals surface area contributed by atoms with Crippen LogP contribution in [0.1, 0.15) is 42.0 Å². The Morgan fingerprint density at radius 3 is 1.83 bits per heavy atom. The van der Waals surface area contributed by atoms with E-state index < -0.39 is 0 Å². The second-order valence-corrected chi connectivity index (χ2v) is 11.6. The van der Waals surface area contributed by atoms with E-state index in [1.54, 1.807) is 6.20 Å². The van der Waals surface area contributed by atoms with E-state index in [1.165, 1.54) is 17.5 Å². The molecule has 5 rings (SSSR count). The maximum Gasteiger partial charge on any atom is 0.267 e. The van der Waals surface area contributed by atoms with E-state index in [4.69, 9.17) is 11.6 Å². The molecule has 2 amide bonds. The lowest BCUT2D eigenvalue weighted by molar-refractivity contribution is 0.102. The first-order chi connectivity index (χ1) is 19.6. The Balaban J connectivity index is 0.000000208. The number of amides is 2. The van der Waals surface area contributed by atoms with Gasteiger partial charge in [-0.3, -0.25) is 9.59 Å². The number of aryl methyl sites for hydroxylation is 4. The van der Waals surface area contributed by atoms with E-state index in [2.05, 4.69) is 30.6 Å². The zero-order valence-electron chi connectivity index (χ0n) is 23.1. The molecule has 3 aromatic heterocycles. The summed E-state index contributed by atoms with van der Waals surface area (Å²) < 4.78 is 0.370. The fourth-order valence-electron chi connectivity index (χ4n) is 3.64. The normalized spacial score (nSPS) is 10.4. The molecule has 0 fully saturated rings. The van der Waals surface area contributed by atoms with Gasteiger partial charge in [-0.25, -0.2) is 19.9 Å². The molecule has 210 valence electrons. The Bertz CT molecular complexity index is 1660. The molecular formula is C29H28ClN7O2S2. The van der Waals surface area contributed by atoms with E-state index >= 15 is 0 Å². The Kier molecular flexibility index (Phi) is 9.77. The van der Waals surface area contributed by atoms with Crippen LogP contribution < -0.4 is 15.5 Å². The number of aromatic nitrogens is 4. The van der Waals surface area contributed by atoms with Gasteiger partial charge in [-0.15, -0.1) is 0 Å². The number of nitrogens with one attached hydrogen (secondary N) is 2. The van der Waals surface area contributed by atoms with Crippen LogP contribution in [0.15, 0.2) is 67.0 Å². The van der Waals surface area contributed by atoms with Gasteiger partial charge in [-0.1, -0.05) is 70.7 Å². The number of hydrogen-bond donors (Lipinski definition) is 2. The minimum Gasteiger partial charge on any atom is -0.321 e. The van der Waals surface area contributed by atoms with Crippen LogP contribution in [0.5, 0.6) is 0 Å². The van der Waals surface area contributed by atoms with Crippen LogP contribution in [0.2, 0.25) is 4.47 Å². The molecule has 2 aromatic carbocycles. The molecule has 0 atom stereocenters. The van der Waals surface area contributed by atoms with E-state index in [0.29, 0.717) is 25.2 Å². The van der Waals surface area contributed by atoms with Crippen LogP contribution >= 0.6 is 34.3 Å². The number of anilines is 4. The quantitative estimate of drug-likeness (QED) is 0.210. The van der Waals surface area contributed by atoms with Crippen molar-refractivity contribution in [1.29, 1.82) is 0 Å². The highest BCUT2D eigenvalue weighted by Crippen LogP contribution is 2.28. The molecule has 2 N–H and O–H groups in total. The molecule has 0 radical (unpaired) electrons. The number of carbonyl (C=O) groups excluding carboxylic acids is 2. The zero-order valence-corrected chi connectivity index (χ0v) is 25.5. The molecule has 0 spiro atoms. The molecule has 9 nitrogen and oxygen atoms in total. The average Bonchev–Trinajstić information content (AvgIpc) is 3.60. The van der Waals surface area contributed by atoms with E-state index in [9.17, 15) is 9.59 Å². The van der Waals surface area contributed by atoms with Crippen LogP contribution in [0.25, 0.3) is 0 Å². The van der Waals surface area contributed by atoms with Gasteiger partial charge in [0, 0.05) is 30.2 Å². The summed E-state index contributed by atoms with van der Waals surface area (Å²) in [5, 5.41) is 6.44. The molecular weight excluding hydrogens is 578 g/mol. The van der Waals surface area contributed by atoms with Gasteiger partial charge in [-0.05, 0) is 51.0 Å². The number of thiazole rings is 2. The van der Waals surface area contributed by atoms with Crippen LogP contribution in [0.4, 0.5) is 22.3 Å². The standard InChI is InChI=1S/C18H19N5OS.C11H9ClN2OS/c1-11-7-5-6-8-14(11)22-17(24)15-10-19-18(25-15)23(4)16-9-12(2)20-13(3)21-16;1-7-4-2-3-5-8(7)14-10(15)9-6-13-11(12)16-9/h5-10H,1-4H3,(H,22,24);2-6H,1H3,(H,14,15). The number of rotatable bonds is 6. The Morgan fingerprint density at radius 2 is 1.32 bits per heavy atom. The van der Waals surface area contributed by atoms with Crippen molar-refractivity contribution in [3.05, 3.63) is 104 Å². The monoisotopic (exact) mass is 605 g/mol. The van der Waals surface area contributed by atoms with Crippen LogP contribution in [0, 0.1) is 27.7 Å². The Morgan fingerprint density at radius 1 is 0.780 bits per heavy atom. The highest BCUT2D eigenvalue weighted by Gasteiger charge is 2.16. The smallest absolute Gasteiger partial charge is 0.267 e. The van der Waals surface area contributed by atoms with Gasteiger partial charge in [0.25, 0.3) is 11.8 Å². The van der Waals surface area contributed by atoms with Crippen molar-refractivity contribution in [1.82, 2.24) is 19.9 Å². The first-order valence-electron chi connectivity index (χ1n) is 12.5. The summed E-state index contributed by atoms with van der Waals surface area (Å²) in [6.07, 6.45) is 3.06. The van der Waals surface area contributed by atoms with Gasteiger partial charge in [0.15, 0.2) is 9.60 Å². The van der Waals surface area contributed by atoms with Crippen molar-refractivity contribution in [3.8, 4) is 0 Å². The van der Waals surface area contributed by atoms with Gasteiger partial charge in [-0.2, -0.15) is 0 Å². The van der Waals surface area contributed by atoms with Gasteiger partial charge in [0.05, 0.1) is 12.4 Å². The maximum absolute atomic E-state index is 12.5. The molecule has 0 unspecified atom stereocenters. The lowest BCUT2D eigenvalue weighted by Crippen LogP contribution is -2.12. The summed E-state index contributed by atoms with van der Waals surface area (Å²) in [5.41, 5.74) is 4.54. The summed E-state index contributed by atoms with van der Waals surface area (Å²) >= 11 is 8.15. The minimum absolute atomic E-state index is 0.165. The predicted octanol–water partition coefficient (Wildman–Crippen LogP) is 7.24. The molecule has 0 aliphatic heterocycles. The second-order valence-electron chi connectivity index (χ2n) is 9.00. The topological polar surface area (TPSA) is 113 Å². The largest absolute Gasteiger partial charge is 0.321 e. The SMILES string of the molecule is Cc1cc(N(C)c2ncc(C(=O)Nc3ccccc3C)s2)nc(C)n1.Cc1ccccc1NC(=O)c1cnc(Cl)s1. The van der Waals surface area contributed by atoms with E-state index in [0.717, 1.165) is 45.4 Å². The van der Waals surface area contributed by atoms with E-state index in [-0.39, 0.29) is 11.8 Å². The van der Waals surface area contributed by atoms with E-state index in [1.807, 2.05) is 94.2 Å². The maximum atomic E-state index is 12.5. The molecule has 12 heteroatoms. The predicted molar refractivity (Wildman–Crippen MR) is 167 cm³/mol. The summed E-state index contributed by atoms with van der Waals surface area (Å²) in [7, 11) is 1.88. The number of benzene rings is 2. The number of halogens is 1. The van der Waals surface area contributed by atoms with Crippen molar-refractivity contribution in [2.75, 3.05) is 22.6 Å². The lowest BCUT2D eigenvalue weighted by Gasteiger charge is -2.15. The fourth-order valence-corrected chi connectivity index (χ4v) is 5.26. The third kappa shape index (κ3) is 7.94. The third-order valence-electron chi connectivity index (χ3n) is 5.79. The molecule has 0 saturated carbocycles. The van der Waals surface area contributed by atoms with Crippen LogP contribution in [-0.2, 0) is 0 Å². The molecule has 3 heterocycles. The summed E-state index contributed by atoms with van der Waals surface area (Å²) in [4.78, 5) is 44.0. The minimum atomic E-state index is -0.182. The highest BCUT2D eigenvalue weighted by molar-refractivity contribution is 7.18. The average molecular weight is 606 g/mol. The highest BCUT2D eigenvalue weighted by atomic mass is 35.5. The van der Waals surface area contributed by atoms with Crippen molar-refractivity contribution in [2.45, 2.75) is 27.7 Å². The summed E-state index contributed by atoms with van der Waals surface area (Å²) in [6, 6.07) is 17.2. The second kappa shape index (κ2) is 13.4. The van der Waals surface area contributed by atoms with Crippen molar-refractivity contribution in [2.24, 2.45) is 0 Å². The van der Waals surface area contributed by atoms with Gasteiger partial charge in [0.1, 0.15) is 21.4 Å². The van der Waals surface area contributed by atoms with Gasteiger partial charge < -0.3 is 15.5 Å². The fraction of sp³-hybridized carbons (Fsp3) is 0.172. The summed E-state index contributed by atoms with van der Waals surface area (Å²) in [5.74, 6) is 1.11. The van der Waals surface area contributed by atoms with Crippen LogP contribution in [0.3, 0.4) is 0 Å². The van der Waals surface area contributed by atoms with Crippen molar-refractivity contribution >= 4 is 68.4 Å². The molecule has 0 aliphatic carbocycles. The zero-order chi connectivity index (χ0) is 29.5. The molecule has 0 saturated heterocycles. The molecule has 41 heavy (non-hydrogen) atoms. The summed E-state index contributed by atoms with van der Waals surface area (Å²) in [6.45, 7) is 7.68. The van der Waals surface area contributed by atoms with Crippen molar-refractivity contribution < 1.29 is 9.59 Å². The third-order valence-corrected chi connectivity index (χ3v) is 7.97. The first kappa shape index (κ1) is 29.8. The first-order valence-corrected chi connectivity index (χ1v) is 14.5. The molecule has 0 bridgehead atoms. The molecule has 0 aliphatic rings. The number of carbonyl (C=O) groups is 2. The number of nitrogens with zero attached hydrogens (tertiary/aromatic N) is 5. The lowest BCUT2D eigenvalue weighted by atomic mass is 10.2. The van der Waals surface area contributed by atoms with Gasteiger partial charge >= 0.3 is 0 Å². The van der Waals surface area contributed by atoms with Gasteiger partial charge in [0.2, 0.25) is 0 Å². The Hall–Kier alpha value is -4.19. The molecule has 5 aromatic rings. The van der Waals surface area contributed by atoms with Crippen molar-refractivity contribution in [3.63, 3.8) is 0 Å². The Labute approximate surface area is 251 Å². The number of hydrogen-bond acceptors (Lipinski definition) is 9. The number of para-hydroxylation sites is 2. The van der Waals surface area contributed by atoms with Crippen LogP contribution in [-0.4, -0.2) is 38.8 Å².